The van der Waals surface area contributed by atoms with Crippen LogP contribution >= 0.6 is 11.6 Å². The monoisotopic (exact) mass is 371 g/mol. The number of halogens is 1. The summed E-state index contributed by atoms with van der Waals surface area (Å²) in [7, 11) is 0. The lowest BCUT2D eigenvalue weighted by Gasteiger charge is -2.39. The van der Waals surface area contributed by atoms with E-state index >= 15 is 0 Å². The van der Waals surface area contributed by atoms with E-state index < -0.39 is 0 Å². The molecule has 5 heteroatoms. The number of piperazine rings is 1. The first kappa shape index (κ1) is 18.7. The molecule has 1 fully saturated rings. The van der Waals surface area contributed by atoms with Crippen LogP contribution in [0.5, 0.6) is 0 Å². The first-order valence-electron chi connectivity index (χ1n) is 9.07. The minimum Gasteiger partial charge on any atom is -0.369 e. The molecule has 1 aliphatic heterocycles. The normalized spacial score (nSPS) is 16.4. The largest absolute Gasteiger partial charge is 0.369 e. The zero-order chi connectivity index (χ0) is 18.7. The molecule has 1 saturated heterocycles. The highest BCUT2D eigenvalue weighted by Crippen LogP contribution is 2.24. The molecule has 1 amide bonds. The average Bonchev–Trinajstić information content (AvgIpc) is 2.65. The van der Waals surface area contributed by atoms with Crippen LogP contribution in [-0.4, -0.2) is 43.0 Å². The van der Waals surface area contributed by atoms with E-state index in [-0.39, 0.29) is 11.9 Å². The van der Waals surface area contributed by atoms with Gasteiger partial charge in [0.25, 0.3) is 0 Å². The molecule has 138 valence electrons. The van der Waals surface area contributed by atoms with E-state index in [9.17, 15) is 4.79 Å². The molecular formula is C21H26ClN3O. The predicted molar refractivity (Wildman–Crippen MR) is 109 cm³/mol. The molecule has 3 rings (SSSR count). The van der Waals surface area contributed by atoms with Crippen molar-refractivity contribution in [2.45, 2.75) is 26.8 Å². The van der Waals surface area contributed by atoms with Crippen molar-refractivity contribution in [3.05, 3.63) is 58.6 Å². The lowest BCUT2D eigenvalue weighted by atomic mass is 10.1. The van der Waals surface area contributed by atoms with Crippen LogP contribution in [0.2, 0.25) is 5.02 Å². The molecule has 0 spiro atoms. The van der Waals surface area contributed by atoms with Gasteiger partial charge in [-0.2, -0.15) is 0 Å². The molecule has 1 N–H and O–H groups in total. The Kier molecular flexibility index (Phi) is 5.84. The molecule has 1 heterocycles. The quantitative estimate of drug-likeness (QED) is 0.878. The number of nitrogens with one attached hydrogen (secondary N) is 1. The summed E-state index contributed by atoms with van der Waals surface area (Å²) in [5, 5.41) is 3.64. The smallest absolute Gasteiger partial charge is 0.241 e. The van der Waals surface area contributed by atoms with Gasteiger partial charge in [-0.3, -0.25) is 9.69 Å². The number of rotatable bonds is 4. The van der Waals surface area contributed by atoms with E-state index in [4.69, 9.17) is 11.6 Å². The minimum absolute atomic E-state index is 0.0208. The summed E-state index contributed by atoms with van der Waals surface area (Å²) >= 11 is 5.89. The van der Waals surface area contributed by atoms with Crippen LogP contribution in [0.1, 0.15) is 18.1 Å². The number of benzene rings is 2. The third-order valence-corrected chi connectivity index (χ3v) is 5.52. The van der Waals surface area contributed by atoms with Crippen LogP contribution in [0.25, 0.3) is 0 Å². The highest BCUT2D eigenvalue weighted by Gasteiger charge is 2.26. The van der Waals surface area contributed by atoms with Crippen molar-refractivity contribution in [1.29, 1.82) is 0 Å². The average molecular weight is 372 g/mol. The Balaban J connectivity index is 1.57. The Morgan fingerprint density at radius 1 is 1.04 bits per heavy atom. The van der Waals surface area contributed by atoms with Gasteiger partial charge in [0, 0.05) is 42.6 Å². The van der Waals surface area contributed by atoms with Gasteiger partial charge in [-0.15, -0.1) is 0 Å². The molecule has 0 bridgehead atoms. The molecule has 2 aromatic rings. The van der Waals surface area contributed by atoms with Crippen molar-refractivity contribution in [2.75, 3.05) is 36.4 Å². The number of amides is 1. The third kappa shape index (κ3) is 4.19. The third-order valence-electron chi connectivity index (χ3n) is 5.27. The molecule has 4 nitrogen and oxygen atoms in total. The van der Waals surface area contributed by atoms with Gasteiger partial charge in [-0.25, -0.2) is 0 Å². The second-order valence-electron chi connectivity index (χ2n) is 6.91. The van der Waals surface area contributed by atoms with E-state index in [1.165, 1.54) is 16.8 Å². The van der Waals surface area contributed by atoms with Gasteiger partial charge in [0.15, 0.2) is 0 Å². The summed E-state index contributed by atoms with van der Waals surface area (Å²) in [5.74, 6) is 0.0208. The fraction of sp³-hybridized carbons (Fsp3) is 0.381. The van der Waals surface area contributed by atoms with Gasteiger partial charge in [-0.1, -0.05) is 23.7 Å². The Bertz CT molecular complexity index is 767. The number of hydrogen-bond acceptors (Lipinski definition) is 3. The van der Waals surface area contributed by atoms with E-state index in [2.05, 4.69) is 47.2 Å². The molecule has 0 aliphatic carbocycles. The number of aryl methyl sites for hydroxylation is 1. The predicted octanol–water partition coefficient (Wildman–Crippen LogP) is 4.11. The molecule has 26 heavy (non-hydrogen) atoms. The zero-order valence-corrected chi connectivity index (χ0v) is 16.4. The lowest BCUT2D eigenvalue weighted by molar-refractivity contribution is -0.120. The summed E-state index contributed by atoms with van der Waals surface area (Å²) in [6.45, 7) is 9.92. The molecule has 1 atom stereocenters. The van der Waals surface area contributed by atoms with Crippen LogP contribution in [0.3, 0.4) is 0 Å². The first-order chi connectivity index (χ1) is 12.5. The Labute approximate surface area is 160 Å². The first-order valence-corrected chi connectivity index (χ1v) is 9.45. The molecule has 0 radical (unpaired) electrons. The second-order valence-corrected chi connectivity index (χ2v) is 7.35. The van der Waals surface area contributed by atoms with E-state index in [0.717, 1.165) is 31.9 Å². The second kappa shape index (κ2) is 8.11. The van der Waals surface area contributed by atoms with E-state index in [1.807, 2.05) is 19.1 Å². The highest BCUT2D eigenvalue weighted by molar-refractivity contribution is 6.30. The standard InChI is InChI=1S/C21H26ClN3O/c1-15-5-4-6-20(16(15)2)25-13-11-24(12-14-25)17(3)21(26)23-19-9-7-18(22)8-10-19/h4-10,17H,11-14H2,1-3H3,(H,23,26). The van der Waals surface area contributed by atoms with Crippen LogP contribution in [0, 0.1) is 13.8 Å². The van der Waals surface area contributed by atoms with Gasteiger partial charge < -0.3 is 10.2 Å². The van der Waals surface area contributed by atoms with E-state index in [0.29, 0.717) is 5.02 Å². The minimum atomic E-state index is -0.161. The number of nitrogens with zero attached hydrogens (tertiary/aromatic N) is 2. The molecule has 1 aliphatic rings. The molecular weight excluding hydrogens is 346 g/mol. The van der Waals surface area contributed by atoms with Gasteiger partial charge in [-0.05, 0) is 62.2 Å². The maximum absolute atomic E-state index is 12.5. The number of anilines is 2. The maximum Gasteiger partial charge on any atom is 0.241 e. The topological polar surface area (TPSA) is 35.6 Å². The van der Waals surface area contributed by atoms with Gasteiger partial charge >= 0.3 is 0 Å². The van der Waals surface area contributed by atoms with Crippen molar-refractivity contribution >= 4 is 28.9 Å². The van der Waals surface area contributed by atoms with Crippen LogP contribution < -0.4 is 10.2 Å². The lowest BCUT2D eigenvalue weighted by Crippen LogP contribution is -2.53. The van der Waals surface area contributed by atoms with Gasteiger partial charge in [0.2, 0.25) is 5.91 Å². The summed E-state index contributed by atoms with van der Waals surface area (Å²) in [6, 6.07) is 13.5. The highest BCUT2D eigenvalue weighted by atomic mass is 35.5. The van der Waals surface area contributed by atoms with Crippen molar-refractivity contribution in [3.8, 4) is 0 Å². The molecule has 0 saturated carbocycles. The molecule has 2 aromatic carbocycles. The summed E-state index contributed by atoms with van der Waals surface area (Å²) < 4.78 is 0. The van der Waals surface area contributed by atoms with Crippen molar-refractivity contribution in [3.63, 3.8) is 0 Å². The van der Waals surface area contributed by atoms with Crippen LogP contribution in [-0.2, 0) is 4.79 Å². The van der Waals surface area contributed by atoms with Crippen molar-refractivity contribution < 1.29 is 4.79 Å². The fourth-order valence-electron chi connectivity index (χ4n) is 3.37. The number of hydrogen-bond donors (Lipinski definition) is 1. The van der Waals surface area contributed by atoms with Crippen molar-refractivity contribution in [2.24, 2.45) is 0 Å². The Hall–Kier alpha value is -2.04. The van der Waals surface area contributed by atoms with Crippen LogP contribution in [0.15, 0.2) is 42.5 Å². The summed E-state index contributed by atoms with van der Waals surface area (Å²) in [6.07, 6.45) is 0. The molecule has 1 unspecified atom stereocenters. The number of carbonyl (C=O) groups is 1. The summed E-state index contributed by atoms with van der Waals surface area (Å²) in [5.41, 5.74) is 4.75. The van der Waals surface area contributed by atoms with Crippen molar-refractivity contribution in [1.82, 2.24) is 4.90 Å². The van der Waals surface area contributed by atoms with Gasteiger partial charge in [0.05, 0.1) is 6.04 Å². The van der Waals surface area contributed by atoms with Crippen LogP contribution in [0.4, 0.5) is 11.4 Å². The number of carbonyl (C=O) groups excluding carboxylic acids is 1. The Morgan fingerprint density at radius 2 is 1.69 bits per heavy atom. The van der Waals surface area contributed by atoms with Gasteiger partial charge in [0.1, 0.15) is 0 Å². The fourth-order valence-corrected chi connectivity index (χ4v) is 3.50. The zero-order valence-electron chi connectivity index (χ0n) is 15.6. The Morgan fingerprint density at radius 3 is 2.35 bits per heavy atom. The maximum atomic E-state index is 12.5. The molecule has 0 aromatic heterocycles. The summed E-state index contributed by atoms with van der Waals surface area (Å²) in [4.78, 5) is 17.2. The SMILES string of the molecule is Cc1cccc(N2CCN(C(C)C(=O)Nc3ccc(Cl)cc3)CC2)c1C. The van der Waals surface area contributed by atoms with E-state index in [1.54, 1.807) is 12.1 Å².